The molecule has 0 saturated carbocycles. The second kappa shape index (κ2) is 12.8. The average molecular weight is 461 g/mol. The minimum Gasteiger partial charge on any atom is -0.487 e. The van der Waals surface area contributed by atoms with E-state index in [2.05, 4.69) is 47.0 Å². The van der Waals surface area contributed by atoms with Crippen molar-refractivity contribution in [2.24, 2.45) is 5.73 Å². The van der Waals surface area contributed by atoms with Crippen LogP contribution in [0.2, 0.25) is 5.02 Å². The molecule has 170 valence electrons. The molecule has 0 bridgehead atoms. The highest BCUT2D eigenvalue weighted by atomic mass is 35.5. The van der Waals surface area contributed by atoms with Crippen molar-refractivity contribution in [2.45, 2.75) is 13.5 Å². The third-order valence-electron chi connectivity index (χ3n) is 4.93. The second-order valence-corrected chi connectivity index (χ2v) is 7.91. The Labute approximate surface area is 200 Å². The van der Waals surface area contributed by atoms with Crippen LogP contribution in [0.1, 0.15) is 23.7 Å². The van der Waals surface area contributed by atoms with E-state index in [0.29, 0.717) is 19.8 Å². The van der Waals surface area contributed by atoms with Gasteiger partial charge in [0.1, 0.15) is 12.4 Å². The average Bonchev–Trinajstić information content (AvgIpc) is 2.85. The Morgan fingerprint density at radius 3 is 2.33 bits per heavy atom. The Bertz CT molecular complexity index is 1170. The van der Waals surface area contributed by atoms with Gasteiger partial charge in [-0.3, -0.25) is 0 Å². The summed E-state index contributed by atoms with van der Waals surface area (Å²) in [6.07, 6.45) is 2.14. The van der Waals surface area contributed by atoms with E-state index < -0.39 is 0 Å². The molecular weight excluding hydrogens is 432 g/mol. The molecular formula is C28H29ClN2O2. The number of hydrogen-bond acceptors (Lipinski definition) is 4. The molecule has 0 amide bonds. The molecule has 5 heteroatoms. The highest BCUT2D eigenvalue weighted by Gasteiger charge is 2.02. The summed E-state index contributed by atoms with van der Waals surface area (Å²) in [6, 6.07) is 28.2. The molecule has 0 atom stereocenters. The summed E-state index contributed by atoms with van der Waals surface area (Å²) in [5, 5.41) is 1.88. The van der Waals surface area contributed by atoms with Gasteiger partial charge < -0.3 is 15.2 Å². The zero-order valence-electron chi connectivity index (χ0n) is 19.0. The number of nitrogens with zero attached hydrogens (tertiary/aromatic N) is 1. The van der Waals surface area contributed by atoms with Gasteiger partial charge in [0.2, 0.25) is 0 Å². The smallest absolute Gasteiger partial charge is 0.130 e. The van der Waals surface area contributed by atoms with Crippen LogP contribution in [-0.2, 0) is 11.3 Å². The van der Waals surface area contributed by atoms with E-state index in [1.54, 1.807) is 7.11 Å². The van der Waals surface area contributed by atoms with Crippen LogP contribution in [0.3, 0.4) is 0 Å². The normalized spacial score (nSPS) is 11.1. The molecule has 1 aromatic heterocycles. The zero-order valence-corrected chi connectivity index (χ0v) is 19.8. The van der Waals surface area contributed by atoms with Crippen molar-refractivity contribution < 1.29 is 9.47 Å². The van der Waals surface area contributed by atoms with Gasteiger partial charge in [-0.15, -0.1) is 0 Å². The summed E-state index contributed by atoms with van der Waals surface area (Å²) in [4.78, 5) is 4.65. The first kappa shape index (κ1) is 24.5. The van der Waals surface area contributed by atoms with Crippen LogP contribution in [0, 0.1) is 0 Å². The zero-order chi connectivity index (χ0) is 23.5. The predicted molar refractivity (Wildman–Crippen MR) is 138 cm³/mol. The lowest BCUT2D eigenvalue weighted by molar-refractivity contribution is 0.207. The topological polar surface area (TPSA) is 57.4 Å². The SMILES string of the molecule is C/C(=C/c1ccc(Cl)cc1)c1ccc(OCc2ccc3ccccc3n2)cc1.COCCN. The fourth-order valence-corrected chi connectivity index (χ4v) is 3.30. The van der Waals surface area contributed by atoms with Gasteiger partial charge in [0.25, 0.3) is 0 Å². The van der Waals surface area contributed by atoms with Gasteiger partial charge in [-0.2, -0.15) is 0 Å². The molecule has 1 heterocycles. The standard InChI is InChI=1S/C25H20ClNO.C3H9NO/c1-18(16-19-6-11-22(26)12-7-19)20-9-14-24(15-10-20)28-17-23-13-8-21-4-2-3-5-25(21)27-23;1-5-3-2-4/h2-16H,17H2,1H3;2-4H2,1H3/b18-16-;. The molecule has 0 aliphatic rings. The van der Waals surface area contributed by atoms with Crippen LogP contribution in [0.4, 0.5) is 0 Å². The third kappa shape index (κ3) is 7.72. The van der Waals surface area contributed by atoms with Crippen LogP contribution in [-0.4, -0.2) is 25.2 Å². The van der Waals surface area contributed by atoms with Crippen molar-refractivity contribution in [2.75, 3.05) is 20.3 Å². The molecule has 0 spiro atoms. The molecule has 0 aliphatic heterocycles. The van der Waals surface area contributed by atoms with E-state index >= 15 is 0 Å². The first-order chi connectivity index (χ1) is 16.1. The lowest BCUT2D eigenvalue weighted by atomic mass is 10.0. The van der Waals surface area contributed by atoms with Gasteiger partial charge in [-0.25, -0.2) is 4.98 Å². The van der Waals surface area contributed by atoms with E-state index in [1.165, 1.54) is 5.57 Å². The first-order valence-electron chi connectivity index (χ1n) is 10.8. The number of para-hydroxylation sites is 1. The molecule has 4 aromatic rings. The maximum Gasteiger partial charge on any atom is 0.130 e. The number of hydrogen-bond donors (Lipinski definition) is 1. The molecule has 33 heavy (non-hydrogen) atoms. The molecule has 0 aliphatic carbocycles. The van der Waals surface area contributed by atoms with Crippen LogP contribution < -0.4 is 10.5 Å². The number of benzene rings is 3. The number of allylic oxidation sites excluding steroid dienone is 1. The summed E-state index contributed by atoms with van der Waals surface area (Å²) in [7, 11) is 1.63. The summed E-state index contributed by atoms with van der Waals surface area (Å²) < 4.78 is 10.5. The molecule has 0 saturated heterocycles. The number of fused-ring (bicyclic) bond motifs is 1. The van der Waals surface area contributed by atoms with Crippen LogP contribution in [0.25, 0.3) is 22.6 Å². The summed E-state index contributed by atoms with van der Waals surface area (Å²) in [5.74, 6) is 0.831. The van der Waals surface area contributed by atoms with E-state index in [1.807, 2.05) is 60.7 Å². The fraction of sp³-hybridized carbons (Fsp3) is 0.179. The van der Waals surface area contributed by atoms with Crippen molar-refractivity contribution in [3.63, 3.8) is 0 Å². The van der Waals surface area contributed by atoms with Crippen molar-refractivity contribution >= 4 is 34.2 Å². The lowest BCUT2D eigenvalue weighted by Crippen LogP contribution is -2.05. The predicted octanol–water partition coefficient (Wildman–Crippen LogP) is 6.62. The summed E-state index contributed by atoms with van der Waals surface area (Å²) in [5.41, 5.74) is 10.4. The monoisotopic (exact) mass is 460 g/mol. The molecule has 4 rings (SSSR count). The minimum absolute atomic E-state index is 0.448. The quantitative estimate of drug-likeness (QED) is 0.315. The van der Waals surface area contributed by atoms with Crippen LogP contribution in [0.5, 0.6) is 5.75 Å². The van der Waals surface area contributed by atoms with Gasteiger partial charge in [0, 0.05) is 24.1 Å². The van der Waals surface area contributed by atoms with Crippen LogP contribution in [0.15, 0.2) is 84.9 Å². The number of nitrogens with two attached hydrogens (primary N) is 1. The van der Waals surface area contributed by atoms with Crippen molar-refractivity contribution in [3.8, 4) is 5.75 Å². The second-order valence-electron chi connectivity index (χ2n) is 7.47. The van der Waals surface area contributed by atoms with Crippen LogP contribution >= 0.6 is 11.6 Å². The van der Waals surface area contributed by atoms with Crippen molar-refractivity contribution in [1.82, 2.24) is 4.98 Å². The van der Waals surface area contributed by atoms with Gasteiger partial charge in [-0.1, -0.05) is 66.2 Å². The number of rotatable bonds is 7. The number of aromatic nitrogens is 1. The van der Waals surface area contributed by atoms with Gasteiger partial charge in [0.15, 0.2) is 0 Å². The highest BCUT2D eigenvalue weighted by Crippen LogP contribution is 2.22. The van der Waals surface area contributed by atoms with E-state index in [4.69, 9.17) is 22.1 Å². The maximum atomic E-state index is 5.95. The molecule has 2 N–H and O–H groups in total. The van der Waals surface area contributed by atoms with E-state index in [0.717, 1.165) is 38.5 Å². The fourth-order valence-electron chi connectivity index (χ4n) is 3.17. The van der Waals surface area contributed by atoms with Gasteiger partial charge >= 0.3 is 0 Å². The summed E-state index contributed by atoms with van der Waals surface area (Å²) >= 11 is 5.95. The Hall–Kier alpha value is -3.18. The summed E-state index contributed by atoms with van der Waals surface area (Å²) in [6.45, 7) is 3.84. The largest absolute Gasteiger partial charge is 0.487 e. The van der Waals surface area contributed by atoms with E-state index in [-0.39, 0.29) is 0 Å². The number of pyridine rings is 1. The Morgan fingerprint density at radius 2 is 1.67 bits per heavy atom. The van der Waals surface area contributed by atoms with Gasteiger partial charge in [0.05, 0.1) is 17.8 Å². The lowest BCUT2D eigenvalue weighted by Gasteiger charge is -2.08. The Morgan fingerprint density at radius 1 is 0.939 bits per heavy atom. The molecule has 4 nitrogen and oxygen atoms in total. The first-order valence-corrected chi connectivity index (χ1v) is 11.2. The molecule has 0 radical (unpaired) electrons. The number of halogens is 1. The minimum atomic E-state index is 0.448. The molecule has 0 fully saturated rings. The number of methoxy groups -OCH3 is 1. The molecule has 3 aromatic carbocycles. The van der Waals surface area contributed by atoms with Crippen molar-refractivity contribution in [3.05, 3.63) is 107 Å². The third-order valence-corrected chi connectivity index (χ3v) is 5.18. The Balaban J connectivity index is 0.000000555. The number of ether oxygens (including phenoxy) is 2. The van der Waals surface area contributed by atoms with E-state index in [9.17, 15) is 0 Å². The molecule has 0 unspecified atom stereocenters. The Kier molecular flexibility index (Phi) is 9.45. The highest BCUT2D eigenvalue weighted by molar-refractivity contribution is 6.30. The maximum absolute atomic E-state index is 5.95. The van der Waals surface area contributed by atoms with Gasteiger partial charge in [-0.05, 0) is 60.0 Å². The van der Waals surface area contributed by atoms with Crippen molar-refractivity contribution in [1.29, 1.82) is 0 Å².